The van der Waals surface area contributed by atoms with Crippen LogP contribution in [0.15, 0.2) is 91.0 Å². The zero-order valence-corrected chi connectivity index (χ0v) is 26.1. The molecule has 0 saturated carbocycles. The fourth-order valence-electron chi connectivity index (χ4n) is 5.32. The SMILES string of the molecule is CCOC(=O)NO[C@H]1C[C@H](O[Si](c2ccccc2)(c2ccccc2)C(C)(C)C)[C@H](SC(=O)c2ccccc2)[C@@H](C)O1. The van der Waals surface area contributed by atoms with Crippen LogP contribution in [0.4, 0.5) is 4.79 Å². The van der Waals surface area contributed by atoms with E-state index in [0.29, 0.717) is 12.0 Å². The lowest BCUT2D eigenvalue weighted by atomic mass is 10.1. The lowest BCUT2D eigenvalue weighted by molar-refractivity contribution is -0.226. The number of carbonyl (C=O) groups excluding carboxylic acids is 2. The van der Waals surface area contributed by atoms with Crippen LogP contribution in [-0.2, 0) is 18.7 Å². The summed E-state index contributed by atoms with van der Waals surface area (Å²) in [6, 6.07) is 30.0. The van der Waals surface area contributed by atoms with Crippen molar-refractivity contribution in [2.24, 2.45) is 0 Å². The zero-order valence-electron chi connectivity index (χ0n) is 24.2. The van der Waals surface area contributed by atoms with Gasteiger partial charge in [0, 0.05) is 12.0 Å². The fourth-order valence-corrected chi connectivity index (χ4v) is 11.2. The monoisotopic (exact) mass is 593 g/mol. The highest BCUT2D eigenvalue weighted by atomic mass is 32.2. The lowest BCUT2D eigenvalue weighted by Gasteiger charge is -2.49. The first-order chi connectivity index (χ1) is 19.7. The second-order valence-corrected chi connectivity index (χ2v) is 16.4. The standard InChI is InChI=1S/C32H39NO6SSi/c1-6-36-31(35)33-38-28-22-27(29(23(2)37-28)40-30(34)24-16-10-7-11-17-24)39-41(32(3,4)5,25-18-12-8-13-19-25)26-20-14-9-15-21-26/h7-21,23,27-29H,6,22H2,1-5H3,(H,33,35)/t23-,27+,28+,29-/m1/s1. The Morgan fingerprint density at radius 3 is 1.98 bits per heavy atom. The highest BCUT2D eigenvalue weighted by molar-refractivity contribution is 8.14. The molecule has 1 amide bonds. The molecule has 0 bridgehead atoms. The number of nitrogens with one attached hydrogen (secondary N) is 1. The largest absolute Gasteiger partial charge is 0.448 e. The van der Waals surface area contributed by atoms with E-state index in [-0.39, 0.29) is 22.0 Å². The van der Waals surface area contributed by atoms with Gasteiger partial charge in [-0.2, -0.15) is 5.48 Å². The summed E-state index contributed by atoms with van der Waals surface area (Å²) in [4.78, 5) is 31.0. The summed E-state index contributed by atoms with van der Waals surface area (Å²) in [5.74, 6) is 0. The second kappa shape index (κ2) is 13.8. The van der Waals surface area contributed by atoms with Crippen LogP contribution in [0.1, 0.15) is 51.4 Å². The average molecular weight is 594 g/mol. The average Bonchev–Trinajstić information content (AvgIpc) is 2.97. The van der Waals surface area contributed by atoms with Crippen LogP contribution in [0, 0.1) is 0 Å². The van der Waals surface area contributed by atoms with Gasteiger partial charge in [0.1, 0.15) is 0 Å². The van der Waals surface area contributed by atoms with Crippen molar-refractivity contribution < 1.29 is 28.3 Å². The Morgan fingerprint density at radius 1 is 0.927 bits per heavy atom. The molecule has 7 nitrogen and oxygen atoms in total. The third-order valence-electron chi connectivity index (χ3n) is 7.17. The molecule has 9 heteroatoms. The van der Waals surface area contributed by atoms with Crippen molar-refractivity contribution in [1.82, 2.24) is 5.48 Å². The molecule has 1 aliphatic heterocycles. The minimum absolute atomic E-state index is 0.0499. The fraction of sp³-hybridized carbons (Fsp3) is 0.375. The molecule has 0 radical (unpaired) electrons. The van der Waals surface area contributed by atoms with Gasteiger partial charge >= 0.3 is 6.09 Å². The van der Waals surface area contributed by atoms with E-state index in [2.05, 4.69) is 50.5 Å². The lowest BCUT2D eigenvalue weighted by Crippen LogP contribution is -2.69. The Hall–Kier alpha value is -2.95. The first kappa shape index (κ1) is 31.0. The topological polar surface area (TPSA) is 83.1 Å². The highest BCUT2D eigenvalue weighted by Gasteiger charge is 2.54. The van der Waals surface area contributed by atoms with Gasteiger partial charge in [-0.15, -0.1) is 0 Å². The molecule has 1 heterocycles. The number of amides is 1. The summed E-state index contributed by atoms with van der Waals surface area (Å²) < 4.78 is 18.6. The number of carbonyl (C=O) groups is 2. The molecule has 0 aliphatic carbocycles. The third-order valence-corrected chi connectivity index (χ3v) is 13.6. The smallest absolute Gasteiger partial charge is 0.431 e. The maximum Gasteiger partial charge on any atom is 0.431 e. The summed E-state index contributed by atoms with van der Waals surface area (Å²) in [5, 5.41) is 1.63. The van der Waals surface area contributed by atoms with Gasteiger partial charge in [-0.05, 0) is 29.3 Å². The summed E-state index contributed by atoms with van der Waals surface area (Å²) in [5.41, 5.74) is 2.95. The molecule has 1 N–H and O–H groups in total. The van der Waals surface area contributed by atoms with Crippen molar-refractivity contribution in [3.63, 3.8) is 0 Å². The van der Waals surface area contributed by atoms with Crippen molar-refractivity contribution in [1.29, 1.82) is 0 Å². The molecule has 3 aromatic rings. The van der Waals surface area contributed by atoms with E-state index in [1.807, 2.05) is 73.7 Å². The first-order valence-electron chi connectivity index (χ1n) is 13.9. The van der Waals surface area contributed by atoms with Gasteiger partial charge in [-0.3, -0.25) is 4.79 Å². The number of hydrogen-bond donors (Lipinski definition) is 1. The van der Waals surface area contributed by atoms with Gasteiger partial charge in [-0.25, -0.2) is 9.63 Å². The van der Waals surface area contributed by atoms with E-state index in [9.17, 15) is 9.59 Å². The molecule has 0 aromatic heterocycles. The quantitative estimate of drug-likeness (QED) is 0.252. The van der Waals surface area contributed by atoms with Crippen LogP contribution >= 0.6 is 11.8 Å². The van der Waals surface area contributed by atoms with E-state index in [1.165, 1.54) is 11.8 Å². The predicted octanol–water partition coefficient (Wildman–Crippen LogP) is 5.69. The van der Waals surface area contributed by atoms with Gasteiger partial charge < -0.3 is 13.9 Å². The van der Waals surface area contributed by atoms with Crippen molar-refractivity contribution in [2.45, 2.75) is 69.8 Å². The molecular weight excluding hydrogens is 555 g/mol. The van der Waals surface area contributed by atoms with E-state index in [0.717, 1.165) is 10.4 Å². The number of rotatable bonds is 9. The molecule has 0 spiro atoms. The summed E-state index contributed by atoms with van der Waals surface area (Å²) in [6.07, 6.45) is -2.03. The Balaban J connectivity index is 1.75. The summed E-state index contributed by atoms with van der Waals surface area (Å²) in [7, 11) is -2.97. The Labute approximate surface area is 248 Å². The maximum absolute atomic E-state index is 13.4. The molecule has 1 aliphatic rings. The second-order valence-electron chi connectivity index (χ2n) is 11.0. The van der Waals surface area contributed by atoms with Crippen LogP contribution in [0.3, 0.4) is 0 Å². The van der Waals surface area contributed by atoms with E-state index in [4.69, 9.17) is 18.7 Å². The van der Waals surface area contributed by atoms with E-state index < -0.39 is 32.9 Å². The molecule has 3 aromatic carbocycles. The predicted molar refractivity (Wildman–Crippen MR) is 165 cm³/mol. The number of benzene rings is 3. The molecular formula is C32H39NO6SSi. The summed E-state index contributed by atoms with van der Waals surface area (Å²) in [6.45, 7) is 10.5. The molecule has 0 unspecified atom stereocenters. The maximum atomic E-state index is 13.4. The molecule has 4 atom stereocenters. The van der Waals surface area contributed by atoms with Crippen LogP contribution in [0.2, 0.25) is 5.04 Å². The van der Waals surface area contributed by atoms with Crippen molar-refractivity contribution in [3.8, 4) is 0 Å². The van der Waals surface area contributed by atoms with Gasteiger partial charge in [0.05, 0.1) is 24.1 Å². The Morgan fingerprint density at radius 2 is 1.46 bits per heavy atom. The molecule has 4 rings (SSSR count). The normalized spacial score (nSPS) is 21.2. The number of ether oxygens (including phenoxy) is 2. The van der Waals surface area contributed by atoms with Gasteiger partial charge in [0.25, 0.3) is 8.32 Å². The molecule has 1 saturated heterocycles. The zero-order chi connectivity index (χ0) is 29.5. The van der Waals surface area contributed by atoms with Crippen LogP contribution < -0.4 is 15.9 Å². The van der Waals surface area contributed by atoms with Crippen LogP contribution in [-0.4, -0.2) is 49.9 Å². The molecule has 218 valence electrons. The van der Waals surface area contributed by atoms with E-state index >= 15 is 0 Å². The minimum atomic E-state index is -2.97. The van der Waals surface area contributed by atoms with Gasteiger partial charge in [-0.1, -0.05) is 124 Å². The van der Waals surface area contributed by atoms with Crippen LogP contribution in [0.5, 0.6) is 0 Å². The van der Waals surface area contributed by atoms with Gasteiger partial charge in [0.15, 0.2) is 6.29 Å². The van der Waals surface area contributed by atoms with Gasteiger partial charge in [0.2, 0.25) is 5.12 Å². The van der Waals surface area contributed by atoms with Crippen molar-refractivity contribution >= 4 is 41.7 Å². The molecule has 41 heavy (non-hydrogen) atoms. The third kappa shape index (κ3) is 7.28. The highest BCUT2D eigenvalue weighted by Crippen LogP contribution is 2.42. The number of hydroxylamine groups is 1. The Kier molecular flexibility index (Phi) is 10.4. The van der Waals surface area contributed by atoms with Crippen LogP contribution in [0.25, 0.3) is 0 Å². The number of hydrogen-bond acceptors (Lipinski definition) is 7. The van der Waals surface area contributed by atoms with E-state index in [1.54, 1.807) is 6.92 Å². The van der Waals surface area contributed by atoms with Crippen molar-refractivity contribution in [3.05, 3.63) is 96.6 Å². The number of thioether (sulfide) groups is 1. The summed E-state index contributed by atoms with van der Waals surface area (Å²) >= 11 is 1.23. The first-order valence-corrected chi connectivity index (χ1v) is 16.7. The molecule has 1 fully saturated rings. The Bertz CT molecular complexity index is 1230. The van der Waals surface area contributed by atoms with Crippen molar-refractivity contribution in [2.75, 3.05) is 6.61 Å². The minimum Gasteiger partial charge on any atom is -0.448 e.